The van der Waals surface area contributed by atoms with Crippen LogP contribution in [0.25, 0.3) is 0 Å². The smallest absolute Gasteiger partial charge is 0.255 e. The number of rotatable bonds is 11. The number of benzene rings is 1. The Morgan fingerprint density at radius 3 is 1.64 bits per heavy atom. The molecular weight excluding hydrogens is 855 g/mol. The van der Waals surface area contributed by atoms with Crippen LogP contribution in [0.5, 0.6) is 0 Å². The molecule has 1 heterocycles. The molecule has 15 heteroatoms. The number of amides is 3. The van der Waals surface area contributed by atoms with Crippen molar-refractivity contribution in [3.63, 3.8) is 0 Å². The minimum atomic E-state index is -1.16. The molecular formula is C24H34I3N3O9. The van der Waals surface area contributed by atoms with Crippen LogP contribution in [0.2, 0.25) is 0 Å². The van der Waals surface area contributed by atoms with Crippen LogP contribution in [0.15, 0.2) is 0 Å². The molecule has 2 rings (SSSR count). The minimum Gasteiger partial charge on any atom is -0.394 e. The summed E-state index contributed by atoms with van der Waals surface area (Å²) in [7, 11) is 2.91. The molecule has 12 nitrogen and oxygen atoms in total. The zero-order chi connectivity index (χ0) is 29.6. The molecule has 0 spiro atoms. The number of halogens is 3. The summed E-state index contributed by atoms with van der Waals surface area (Å²) in [6.07, 6.45) is -2.73. The molecule has 2 atom stereocenters. The van der Waals surface area contributed by atoms with E-state index in [0.717, 1.165) is 0 Å². The number of hydrogen-bond donors (Lipinski definition) is 5. The lowest BCUT2D eigenvalue weighted by molar-refractivity contribution is -0.217. The molecule has 1 aromatic carbocycles. The first-order valence-corrected chi connectivity index (χ1v) is 15.3. The summed E-state index contributed by atoms with van der Waals surface area (Å²) in [6.45, 7) is 2.80. The van der Waals surface area contributed by atoms with Crippen LogP contribution >= 0.6 is 67.8 Å². The molecule has 0 saturated carbocycles. The largest absolute Gasteiger partial charge is 0.394 e. The van der Waals surface area contributed by atoms with Crippen molar-refractivity contribution in [3.05, 3.63) is 21.8 Å². The lowest BCUT2D eigenvalue weighted by Crippen LogP contribution is -2.41. The molecule has 39 heavy (non-hydrogen) atoms. The molecule has 1 aliphatic rings. The SMILES string of the molecule is CC(C)C1OCC(C(=O)Nc2c(I)c(C(=O)N(C)CC(O)CO)c(I)c(C(=O)N(C)CC(O)CO)c2I)CO1. The number of aliphatic hydroxyl groups is 4. The maximum absolute atomic E-state index is 13.5. The van der Waals surface area contributed by atoms with Crippen LogP contribution in [0.3, 0.4) is 0 Å². The van der Waals surface area contributed by atoms with Gasteiger partial charge in [-0.05, 0) is 67.8 Å². The van der Waals surface area contributed by atoms with E-state index >= 15 is 0 Å². The van der Waals surface area contributed by atoms with Crippen molar-refractivity contribution >= 4 is 91.2 Å². The quantitative estimate of drug-likeness (QED) is 0.203. The summed E-state index contributed by atoms with van der Waals surface area (Å²) in [4.78, 5) is 42.7. The van der Waals surface area contributed by atoms with Crippen LogP contribution in [0, 0.1) is 22.5 Å². The zero-order valence-corrected chi connectivity index (χ0v) is 28.5. The van der Waals surface area contributed by atoms with Crippen molar-refractivity contribution < 1.29 is 44.3 Å². The number of hydrogen-bond acceptors (Lipinski definition) is 9. The fraction of sp³-hybridized carbons (Fsp3) is 0.625. The molecule has 1 aliphatic heterocycles. The molecule has 0 bridgehead atoms. The Kier molecular flexibility index (Phi) is 14.0. The molecule has 1 saturated heterocycles. The van der Waals surface area contributed by atoms with Gasteiger partial charge in [0.2, 0.25) is 5.91 Å². The van der Waals surface area contributed by atoms with Crippen molar-refractivity contribution in [1.82, 2.24) is 9.80 Å². The Bertz CT molecular complexity index is 994. The summed E-state index contributed by atoms with van der Waals surface area (Å²) in [5, 5.41) is 41.0. The first kappa shape index (κ1) is 34.8. The molecule has 0 radical (unpaired) electrons. The van der Waals surface area contributed by atoms with E-state index in [0.29, 0.717) is 10.7 Å². The first-order chi connectivity index (χ1) is 18.2. The molecule has 5 N–H and O–H groups in total. The number of carbonyl (C=O) groups is 3. The van der Waals surface area contributed by atoms with Gasteiger partial charge in [0, 0.05) is 36.7 Å². The zero-order valence-electron chi connectivity index (χ0n) is 22.0. The third kappa shape index (κ3) is 8.79. The van der Waals surface area contributed by atoms with Crippen molar-refractivity contribution in [2.45, 2.75) is 32.3 Å². The Labute approximate surface area is 268 Å². The average Bonchev–Trinajstić information content (AvgIpc) is 2.90. The summed E-state index contributed by atoms with van der Waals surface area (Å²) >= 11 is 5.77. The predicted molar refractivity (Wildman–Crippen MR) is 167 cm³/mol. The number of ether oxygens (including phenoxy) is 2. The second-order valence-corrected chi connectivity index (χ2v) is 12.8. The van der Waals surface area contributed by atoms with Crippen molar-refractivity contribution in [2.75, 3.05) is 58.9 Å². The highest BCUT2D eigenvalue weighted by Gasteiger charge is 2.34. The Morgan fingerprint density at radius 2 is 1.28 bits per heavy atom. The molecule has 1 fully saturated rings. The Morgan fingerprint density at radius 1 is 0.872 bits per heavy atom. The van der Waals surface area contributed by atoms with Crippen LogP contribution < -0.4 is 5.32 Å². The molecule has 2 unspecified atom stereocenters. The van der Waals surface area contributed by atoms with E-state index in [4.69, 9.17) is 9.47 Å². The van der Waals surface area contributed by atoms with E-state index in [1.54, 1.807) is 0 Å². The number of likely N-dealkylation sites (N-methyl/N-ethyl adjacent to an activating group) is 2. The second-order valence-electron chi connectivity index (χ2n) is 9.58. The van der Waals surface area contributed by atoms with Crippen molar-refractivity contribution in [2.24, 2.45) is 11.8 Å². The third-order valence-corrected chi connectivity index (χ3v) is 9.15. The van der Waals surface area contributed by atoms with Gasteiger partial charge < -0.3 is 45.0 Å². The normalized spacial score (nSPS) is 19.0. The van der Waals surface area contributed by atoms with Crippen LogP contribution in [0.4, 0.5) is 5.69 Å². The van der Waals surface area contributed by atoms with Crippen LogP contribution in [-0.2, 0) is 14.3 Å². The van der Waals surface area contributed by atoms with E-state index in [-0.39, 0.29) is 49.0 Å². The number of anilines is 1. The fourth-order valence-electron chi connectivity index (χ4n) is 3.72. The van der Waals surface area contributed by atoms with E-state index in [2.05, 4.69) is 5.32 Å². The number of aliphatic hydroxyl groups excluding tert-OH is 4. The standard InChI is InChI=1S/C24H34I3N3O9/c1-11(2)24-38-9-12(10-39-24)21(35)28-20-18(26)15(22(36)29(3)5-13(33)7-31)17(25)16(19(20)27)23(37)30(4)6-14(34)8-32/h11-14,24,31-34H,5-10H2,1-4H3,(H,28,35). The summed E-state index contributed by atoms with van der Waals surface area (Å²) in [5.74, 6) is -1.95. The maximum Gasteiger partial charge on any atom is 0.255 e. The molecule has 3 amide bonds. The fourth-order valence-corrected chi connectivity index (χ4v) is 8.08. The van der Waals surface area contributed by atoms with Crippen LogP contribution in [-0.4, -0.2) is 120 Å². The van der Waals surface area contributed by atoms with Gasteiger partial charge in [0.25, 0.3) is 11.8 Å². The monoisotopic (exact) mass is 889 g/mol. The molecule has 1 aromatic rings. The van der Waals surface area contributed by atoms with Crippen molar-refractivity contribution in [3.8, 4) is 0 Å². The van der Waals surface area contributed by atoms with E-state index in [1.165, 1.54) is 23.9 Å². The van der Waals surface area contributed by atoms with Gasteiger partial charge in [0.1, 0.15) is 0 Å². The summed E-state index contributed by atoms with van der Waals surface area (Å²) in [5.41, 5.74) is 0.525. The van der Waals surface area contributed by atoms with Gasteiger partial charge in [-0.15, -0.1) is 0 Å². The topological polar surface area (TPSA) is 169 Å². The molecule has 220 valence electrons. The van der Waals surface area contributed by atoms with Crippen molar-refractivity contribution in [1.29, 1.82) is 0 Å². The van der Waals surface area contributed by atoms with Gasteiger partial charge in [-0.25, -0.2) is 0 Å². The van der Waals surface area contributed by atoms with Gasteiger partial charge in [-0.2, -0.15) is 0 Å². The van der Waals surface area contributed by atoms with Crippen LogP contribution in [0.1, 0.15) is 34.6 Å². The van der Waals surface area contributed by atoms with Gasteiger partial charge in [-0.1, -0.05) is 13.8 Å². The maximum atomic E-state index is 13.5. The summed E-state index contributed by atoms with van der Waals surface area (Å²) in [6, 6.07) is 0. The minimum absolute atomic E-state index is 0.122. The third-order valence-electron chi connectivity index (χ3n) is 5.92. The molecule has 0 aliphatic carbocycles. The average molecular weight is 889 g/mol. The lowest BCUT2D eigenvalue weighted by Gasteiger charge is -2.31. The highest BCUT2D eigenvalue weighted by molar-refractivity contribution is 14.1. The first-order valence-electron chi connectivity index (χ1n) is 12.1. The lowest BCUT2D eigenvalue weighted by atomic mass is 10.0. The van der Waals surface area contributed by atoms with E-state index in [9.17, 15) is 34.8 Å². The Balaban J connectivity index is 2.54. The number of carbonyl (C=O) groups excluding carboxylic acids is 3. The van der Waals surface area contributed by atoms with E-state index in [1.807, 2.05) is 81.6 Å². The second kappa shape index (κ2) is 15.7. The number of nitrogens with zero attached hydrogens (tertiary/aromatic N) is 2. The van der Waals surface area contributed by atoms with Gasteiger partial charge in [0.05, 0.1) is 68.5 Å². The highest BCUT2D eigenvalue weighted by atomic mass is 127. The summed E-state index contributed by atoms with van der Waals surface area (Å²) < 4.78 is 12.4. The van der Waals surface area contributed by atoms with Gasteiger partial charge >= 0.3 is 0 Å². The highest BCUT2D eigenvalue weighted by Crippen LogP contribution is 2.37. The van der Waals surface area contributed by atoms with E-state index < -0.39 is 55.4 Å². The number of nitrogens with one attached hydrogen (secondary N) is 1. The Hall–Kier alpha value is -0.420. The predicted octanol–water partition coefficient (Wildman–Crippen LogP) is 0.934. The van der Waals surface area contributed by atoms with Gasteiger partial charge in [0.15, 0.2) is 6.29 Å². The van der Waals surface area contributed by atoms with Gasteiger partial charge in [-0.3, -0.25) is 14.4 Å². The molecule has 0 aromatic heterocycles.